The third-order valence-corrected chi connectivity index (χ3v) is 8.98. The third kappa shape index (κ3) is 7.30. The molecule has 210 valence electrons. The van der Waals surface area contributed by atoms with E-state index in [4.69, 9.17) is 4.74 Å². The van der Waals surface area contributed by atoms with Gasteiger partial charge in [-0.3, -0.25) is 0 Å². The Kier molecular flexibility index (Phi) is 10.5. The molecule has 0 spiro atoms. The summed E-state index contributed by atoms with van der Waals surface area (Å²) in [6, 6.07) is 3.52. The first-order valence-electron chi connectivity index (χ1n) is 14.7. The predicted octanol–water partition coefficient (Wildman–Crippen LogP) is 11.0. The highest BCUT2D eigenvalue weighted by molar-refractivity contribution is 5.38. The van der Waals surface area contributed by atoms with Gasteiger partial charge in [0.1, 0.15) is 11.6 Å². The fourth-order valence-electron chi connectivity index (χ4n) is 6.76. The second-order valence-corrected chi connectivity index (χ2v) is 11.5. The second kappa shape index (κ2) is 13.8. The van der Waals surface area contributed by atoms with Crippen LogP contribution in [0.2, 0.25) is 0 Å². The summed E-state index contributed by atoms with van der Waals surface area (Å²) in [7, 11) is 0. The van der Waals surface area contributed by atoms with Gasteiger partial charge in [0, 0.05) is 17.7 Å². The van der Waals surface area contributed by atoms with Crippen molar-refractivity contribution in [2.75, 3.05) is 0 Å². The van der Waals surface area contributed by atoms with E-state index in [0.29, 0.717) is 36.8 Å². The Bertz CT molecular complexity index is 1020. The predicted molar refractivity (Wildman–Crippen MR) is 141 cm³/mol. The van der Waals surface area contributed by atoms with Gasteiger partial charge >= 0.3 is 0 Å². The van der Waals surface area contributed by atoms with E-state index in [1.807, 2.05) is 0 Å². The lowest BCUT2D eigenvalue weighted by Crippen LogP contribution is -2.26. The molecule has 2 aliphatic rings. The van der Waals surface area contributed by atoms with Gasteiger partial charge in [-0.2, -0.15) is 0 Å². The number of halogens is 5. The van der Waals surface area contributed by atoms with Crippen molar-refractivity contribution in [3.8, 4) is 11.5 Å². The summed E-state index contributed by atoms with van der Waals surface area (Å²) in [5, 5.41) is 0. The molecule has 0 amide bonds. The van der Waals surface area contributed by atoms with Crippen LogP contribution in [-0.2, 0) is 0 Å². The molecule has 2 fully saturated rings. The Balaban J connectivity index is 1.28. The van der Waals surface area contributed by atoms with Crippen LogP contribution >= 0.6 is 0 Å². The topological polar surface area (TPSA) is 9.23 Å². The molecular weight excluding hydrogens is 495 g/mol. The zero-order valence-electron chi connectivity index (χ0n) is 22.5. The average molecular weight is 537 g/mol. The van der Waals surface area contributed by atoms with Gasteiger partial charge in [0.05, 0.1) is 0 Å². The van der Waals surface area contributed by atoms with Crippen LogP contribution in [0.5, 0.6) is 11.5 Å². The van der Waals surface area contributed by atoms with Crippen LogP contribution in [0.25, 0.3) is 0 Å². The molecule has 0 bridgehead atoms. The zero-order valence-corrected chi connectivity index (χ0v) is 22.5. The lowest BCUT2D eigenvalue weighted by Gasteiger charge is -2.38. The molecule has 4 rings (SSSR count). The molecule has 2 aromatic carbocycles. The average Bonchev–Trinajstić information content (AvgIpc) is 2.92. The van der Waals surface area contributed by atoms with Crippen LogP contribution in [-0.4, -0.2) is 0 Å². The number of ether oxygens (including phenoxy) is 1. The van der Waals surface area contributed by atoms with Gasteiger partial charge in [-0.1, -0.05) is 64.7 Å². The summed E-state index contributed by atoms with van der Waals surface area (Å²) in [6.45, 7) is 2.25. The van der Waals surface area contributed by atoms with Crippen molar-refractivity contribution in [3.05, 3.63) is 58.9 Å². The van der Waals surface area contributed by atoms with Crippen LogP contribution in [0, 0.1) is 46.8 Å². The van der Waals surface area contributed by atoms with Gasteiger partial charge in [-0.25, -0.2) is 22.0 Å². The fourth-order valence-corrected chi connectivity index (χ4v) is 6.76. The van der Waals surface area contributed by atoms with Gasteiger partial charge in [-0.05, 0) is 74.3 Å². The molecule has 2 aliphatic carbocycles. The molecule has 0 saturated heterocycles. The van der Waals surface area contributed by atoms with Crippen molar-refractivity contribution in [2.45, 2.75) is 109 Å². The van der Waals surface area contributed by atoms with Crippen molar-refractivity contribution in [1.82, 2.24) is 0 Å². The molecule has 0 atom stereocenters. The summed E-state index contributed by atoms with van der Waals surface area (Å²) in [4.78, 5) is 0. The Morgan fingerprint density at radius 2 is 1.24 bits per heavy atom. The Hall–Kier alpha value is -2.11. The van der Waals surface area contributed by atoms with E-state index in [1.165, 1.54) is 70.6 Å². The maximum Gasteiger partial charge on any atom is 0.194 e. The van der Waals surface area contributed by atoms with E-state index in [0.717, 1.165) is 30.9 Å². The van der Waals surface area contributed by atoms with Crippen LogP contribution in [0.3, 0.4) is 0 Å². The van der Waals surface area contributed by atoms with Crippen molar-refractivity contribution in [1.29, 1.82) is 0 Å². The van der Waals surface area contributed by atoms with E-state index in [1.54, 1.807) is 0 Å². The molecule has 1 nitrogen and oxygen atoms in total. The maximum absolute atomic E-state index is 15.3. The number of benzene rings is 2. The van der Waals surface area contributed by atoms with Crippen LogP contribution in [0.15, 0.2) is 24.3 Å². The van der Waals surface area contributed by atoms with E-state index in [9.17, 15) is 17.6 Å². The lowest BCUT2D eigenvalue weighted by molar-refractivity contribution is 0.154. The summed E-state index contributed by atoms with van der Waals surface area (Å²) >= 11 is 0. The summed E-state index contributed by atoms with van der Waals surface area (Å²) < 4.78 is 75.7. The number of hydrogen-bond donors (Lipinski definition) is 0. The van der Waals surface area contributed by atoms with Crippen molar-refractivity contribution >= 4 is 0 Å². The number of rotatable bonds is 11. The first-order valence-corrected chi connectivity index (χ1v) is 14.7. The number of unbranched alkanes of at least 4 members (excludes halogenated alkanes) is 5. The van der Waals surface area contributed by atoms with Gasteiger partial charge in [0.2, 0.25) is 0 Å². The standard InChI is InChI=1S/C32H41F5O/c1-2-3-4-5-6-7-8-21-9-11-22(12-10-21)23-13-15-24(16-14-23)30-26(33)17-18-29(32(30)37)38-25-19-27(34)31(36)28(35)20-25/h17-24H,2-16H2,1H3. The highest BCUT2D eigenvalue weighted by atomic mass is 19.2. The van der Waals surface area contributed by atoms with Crippen molar-refractivity contribution in [2.24, 2.45) is 17.8 Å². The van der Waals surface area contributed by atoms with Crippen LogP contribution < -0.4 is 4.74 Å². The highest BCUT2D eigenvalue weighted by Gasteiger charge is 2.33. The monoisotopic (exact) mass is 536 g/mol. The van der Waals surface area contributed by atoms with Gasteiger partial charge in [-0.15, -0.1) is 0 Å². The first-order chi connectivity index (χ1) is 18.4. The molecule has 38 heavy (non-hydrogen) atoms. The Morgan fingerprint density at radius 3 is 1.87 bits per heavy atom. The van der Waals surface area contributed by atoms with Gasteiger partial charge in [0.25, 0.3) is 0 Å². The van der Waals surface area contributed by atoms with Crippen molar-refractivity contribution < 1.29 is 26.7 Å². The molecule has 0 aromatic heterocycles. The lowest BCUT2D eigenvalue weighted by atomic mass is 9.68. The zero-order chi connectivity index (χ0) is 27.1. The Labute approximate surface area is 224 Å². The van der Waals surface area contributed by atoms with Crippen LogP contribution in [0.1, 0.15) is 115 Å². The van der Waals surface area contributed by atoms with Gasteiger partial charge < -0.3 is 4.74 Å². The Morgan fingerprint density at radius 1 is 0.658 bits per heavy atom. The summed E-state index contributed by atoms with van der Waals surface area (Å²) in [5.74, 6) is -4.76. The van der Waals surface area contributed by atoms with Crippen LogP contribution in [0.4, 0.5) is 22.0 Å². The largest absolute Gasteiger partial charge is 0.454 e. The fraction of sp³-hybridized carbons (Fsp3) is 0.625. The van der Waals surface area contributed by atoms with Gasteiger partial charge in [0.15, 0.2) is 29.0 Å². The SMILES string of the molecule is CCCCCCCCC1CCC(C2CCC(c3c(F)ccc(Oc4cc(F)c(F)c(F)c4)c3F)CC2)CC1. The minimum Gasteiger partial charge on any atom is -0.454 e. The van der Waals surface area contributed by atoms with E-state index < -0.39 is 29.1 Å². The minimum absolute atomic E-state index is 0.0216. The summed E-state index contributed by atoms with van der Waals surface area (Å²) in [5.41, 5.74) is -0.0216. The molecule has 0 heterocycles. The molecule has 0 radical (unpaired) electrons. The normalized spacial score (nSPS) is 23.9. The quantitative estimate of drug-likeness (QED) is 0.158. The highest BCUT2D eigenvalue weighted by Crippen LogP contribution is 2.46. The number of hydrogen-bond acceptors (Lipinski definition) is 1. The first kappa shape index (κ1) is 28.9. The smallest absolute Gasteiger partial charge is 0.194 e. The van der Waals surface area contributed by atoms with E-state index in [-0.39, 0.29) is 23.0 Å². The molecular formula is C32H41F5O. The molecule has 0 unspecified atom stereocenters. The van der Waals surface area contributed by atoms with Crippen molar-refractivity contribution in [3.63, 3.8) is 0 Å². The second-order valence-electron chi connectivity index (χ2n) is 11.5. The summed E-state index contributed by atoms with van der Waals surface area (Å²) in [6.07, 6.45) is 17.9. The molecule has 2 aromatic rings. The molecule has 6 heteroatoms. The van der Waals surface area contributed by atoms with E-state index in [2.05, 4.69) is 6.92 Å². The minimum atomic E-state index is -1.62. The molecule has 0 N–H and O–H groups in total. The third-order valence-electron chi connectivity index (χ3n) is 8.98. The maximum atomic E-state index is 15.3. The molecule has 0 aliphatic heterocycles. The molecule has 2 saturated carbocycles. The van der Waals surface area contributed by atoms with E-state index >= 15 is 4.39 Å².